The molecule has 140 valence electrons. The summed E-state index contributed by atoms with van der Waals surface area (Å²) >= 11 is 1.44. The molecule has 26 heavy (non-hydrogen) atoms. The average Bonchev–Trinajstić information content (AvgIpc) is 3.08. The van der Waals surface area contributed by atoms with Gasteiger partial charge in [-0.15, -0.1) is 11.3 Å². The van der Waals surface area contributed by atoms with Crippen LogP contribution in [-0.4, -0.2) is 56.1 Å². The number of aryl methyl sites for hydroxylation is 3. The van der Waals surface area contributed by atoms with Crippen molar-refractivity contribution in [1.29, 1.82) is 0 Å². The van der Waals surface area contributed by atoms with Crippen LogP contribution in [0.15, 0.2) is 34.5 Å². The summed E-state index contributed by atoms with van der Waals surface area (Å²) in [5, 5.41) is 1.89. The first-order valence-corrected chi connectivity index (χ1v) is 11.0. The van der Waals surface area contributed by atoms with Crippen LogP contribution < -0.4 is 0 Å². The highest BCUT2D eigenvalue weighted by Crippen LogP contribution is 2.26. The quantitative estimate of drug-likeness (QED) is 0.734. The standard InChI is InChI=1S/C19H24N2O3S2/c1-14-11-15(2)19(16(3)12-14)26(23,24)21-8-6-20(7-9-21)13-17(22)18-5-4-10-25-18/h4-5,10-12H,6-9,13H2,1-3H3. The Morgan fingerprint density at radius 2 is 1.69 bits per heavy atom. The van der Waals surface area contributed by atoms with Crippen LogP contribution in [0.3, 0.4) is 0 Å². The van der Waals surface area contributed by atoms with Crippen LogP contribution >= 0.6 is 11.3 Å². The highest BCUT2D eigenvalue weighted by atomic mass is 32.2. The van der Waals surface area contributed by atoms with E-state index in [1.165, 1.54) is 11.3 Å². The van der Waals surface area contributed by atoms with Gasteiger partial charge in [-0.2, -0.15) is 4.31 Å². The van der Waals surface area contributed by atoms with Gasteiger partial charge >= 0.3 is 0 Å². The number of carbonyl (C=O) groups excluding carboxylic acids is 1. The molecule has 7 heteroatoms. The van der Waals surface area contributed by atoms with Gasteiger partial charge in [-0.05, 0) is 43.3 Å². The number of rotatable bonds is 5. The first-order chi connectivity index (χ1) is 12.3. The van der Waals surface area contributed by atoms with E-state index in [4.69, 9.17) is 0 Å². The zero-order chi connectivity index (χ0) is 18.9. The molecule has 1 aromatic heterocycles. The predicted octanol–water partition coefficient (Wildman–Crippen LogP) is 2.86. The molecule has 0 amide bonds. The van der Waals surface area contributed by atoms with Gasteiger partial charge in [0.1, 0.15) is 0 Å². The maximum absolute atomic E-state index is 13.1. The summed E-state index contributed by atoms with van der Waals surface area (Å²) in [6.45, 7) is 7.97. The number of sulfonamides is 1. The third kappa shape index (κ3) is 3.91. The van der Waals surface area contributed by atoms with Crippen molar-refractivity contribution in [3.8, 4) is 0 Å². The zero-order valence-corrected chi connectivity index (χ0v) is 17.0. The molecule has 0 unspecified atom stereocenters. The number of benzene rings is 1. The third-order valence-corrected chi connectivity index (χ3v) is 7.81. The van der Waals surface area contributed by atoms with Crippen molar-refractivity contribution >= 4 is 27.1 Å². The van der Waals surface area contributed by atoms with Gasteiger partial charge in [0.15, 0.2) is 5.78 Å². The number of ketones is 1. The fraction of sp³-hybridized carbons (Fsp3) is 0.421. The van der Waals surface area contributed by atoms with Gasteiger partial charge in [0.05, 0.1) is 16.3 Å². The SMILES string of the molecule is Cc1cc(C)c(S(=O)(=O)N2CCN(CC(=O)c3cccs3)CC2)c(C)c1. The largest absolute Gasteiger partial charge is 0.293 e. The Hall–Kier alpha value is -1.54. The molecule has 2 heterocycles. The van der Waals surface area contributed by atoms with Crippen LogP contribution in [0.1, 0.15) is 26.4 Å². The van der Waals surface area contributed by atoms with Gasteiger partial charge in [-0.25, -0.2) is 8.42 Å². The smallest absolute Gasteiger partial charge is 0.243 e. The number of piperazine rings is 1. The molecule has 5 nitrogen and oxygen atoms in total. The summed E-state index contributed by atoms with van der Waals surface area (Å²) in [6.07, 6.45) is 0. The lowest BCUT2D eigenvalue weighted by atomic mass is 10.1. The molecule has 0 N–H and O–H groups in total. The van der Waals surface area contributed by atoms with E-state index in [2.05, 4.69) is 0 Å². The lowest BCUT2D eigenvalue weighted by molar-refractivity contribution is 0.0905. The summed E-state index contributed by atoms with van der Waals surface area (Å²) in [5.41, 5.74) is 2.64. The molecular weight excluding hydrogens is 368 g/mol. The van der Waals surface area contributed by atoms with Crippen LogP contribution in [0.25, 0.3) is 0 Å². The molecule has 1 fully saturated rings. The lowest BCUT2D eigenvalue weighted by Gasteiger charge is -2.34. The second-order valence-electron chi connectivity index (χ2n) is 6.81. The molecule has 2 aromatic rings. The van der Waals surface area contributed by atoms with E-state index < -0.39 is 10.0 Å². The molecule has 1 aliphatic heterocycles. The van der Waals surface area contributed by atoms with Crippen molar-refractivity contribution in [3.63, 3.8) is 0 Å². The second kappa shape index (κ2) is 7.60. The van der Waals surface area contributed by atoms with E-state index in [0.717, 1.165) is 21.6 Å². The molecule has 1 aromatic carbocycles. The molecule has 1 saturated heterocycles. The molecule has 0 bridgehead atoms. The molecule has 3 rings (SSSR count). The van der Waals surface area contributed by atoms with Crippen molar-refractivity contribution in [3.05, 3.63) is 51.2 Å². The summed E-state index contributed by atoms with van der Waals surface area (Å²) in [5.74, 6) is 0.0986. The number of hydrogen-bond acceptors (Lipinski definition) is 5. The maximum Gasteiger partial charge on any atom is 0.243 e. The van der Waals surface area contributed by atoms with Crippen LogP contribution in [0, 0.1) is 20.8 Å². The minimum Gasteiger partial charge on any atom is -0.293 e. The van der Waals surface area contributed by atoms with Gasteiger partial charge < -0.3 is 0 Å². The highest BCUT2D eigenvalue weighted by molar-refractivity contribution is 7.89. The first kappa shape index (κ1) is 19.2. The number of Topliss-reactive ketones (excluding diaryl/α,β-unsaturated/α-hetero) is 1. The van der Waals surface area contributed by atoms with Crippen LogP contribution in [0.4, 0.5) is 0 Å². The normalized spacial score (nSPS) is 16.7. The Labute approximate surface area is 159 Å². The van der Waals surface area contributed by atoms with Crippen molar-refractivity contribution in [1.82, 2.24) is 9.21 Å². The second-order valence-corrected chi connectivity index (χ2v) is 9.63. The first-order valence-electron chi connectivity index (χ1n) is 8.66. The van der Waals surface area contributed by atoms with Gasteiger partial charge in [0.25, 0.3) is 0 Å². The van der Waals surface area contributed by atoms with E-state index in [1.807, 2.05) is 55.3 Å². The lowest BCUT2D eigenvalue weighted by Crippen LogP contribution is -2.49. The minimum atomic E-state index is -3.51. The molecule has 0 spiro atoms. The Kier molecular flexibility index (Phi) is 5.62. The Morgan fingerprint density at radius 3 is 2.23 bits per heavy atom. The van der Waals surface area contributed by atoms with Crippen molar-refractivity contribution < 1.29 is 13.2 Å². The topological polar surface area (TPSA) is 57.7 Å². The highest BCUT2D eigenvalue weighted by Gasteiger charge is 2.31. The number of carbonyl (C=O) groups is 1. The monoisotopic (exact) mass is 392 g/mol. The molecule has 0 aliphatic carbocycles. The summed E-state index contributed by atoms with van der Waals surface area (Å²) in [6, 6.07) is 7.52. The molecular formula is C19H24N2O3S2. The molecule has 0 saturated carbocycles. The van der Waals surface area contributed by atoms with Gasteiger partial charge in [-0.1, -0.05) is 23.8 Å². The summed E-state index contributed by atoms with van der Waals surface area (Å²) in [7, 11) is -3.51. The molecule has 0 radical (unpaired) electrons. The van der Waals surface area contributed by atoms with Gasteiger partial charge in [0.2, 0.25) is 10.0 Å². The number of hydrogen-bond donors (Lipinski definition) is 0. The Bertz CT molecular complexity index is 874. The number of nitrogens with zero attached hydrogens (tertiary/aromatic N) is 2. The van der Waals surface area contributed by atoms with Gasteiger partial charge in [0, 0.05) is 26.2 Å². The predicted molar refractivity (Wildman–Crippen MR) is 105 cm³/mol. The van der Waals surface area contributed by atoms with Crippen LogP contribution in [-0.2, 0) is 10.0 Å². The average molecular weight is 393 g/mol. The molecule has 0 atom stereocenters. The van der Waals surface area contributed by atoms with E-state index in [-0.39, 0.29) is 5.78 Å². The van der Waals surface area contributed by atoms with E-state index >= 15 is 0 Å². The van der Waals surface area contributed by atoms with Crippen LogP contribution in [0.2, 0.25) is 0 Å². The number of thiophene rings is 1. The fourth-order valence-electron chi connectivity index (χ4n) is 3.55. The van der Waals surface area contributed by atoms with E-state index in [0.29, 0.717) is 37.6 Å². The zero-order valence-electron chi connectivity index (χ0n) is 15.4. The van der Waals surface area contributed by atoms with Crippen molar-refractivity contribution in [2.24, 2.45) is 0 Å². The third-order valence-electron chi connectivity index (χ3n) is 4.70. The van der Waals surface area contributed by atoms with Crippen LogP contribution in [0.5, 0.6) is 0 Å². The fourth-order valence-corrected chi connectivity index (χ4v) is 6.04. The van der Waals surface area contributed by atoms with Crippen molar-refractivity contribution in [2.75, 3.05) is 32.7 Å². The Balaban J connectivity index is 1.68. The summed E-state index contributed by atoms with van der Waals surface area (Å²) in [4.78, 5) is 15.4. The van der Waals surface area contributed by atoms with Crippen molar-refractivity contribution in [2.45, 2.75) is 25.7 Å². The maximum atomic E-state index is 13.1. The van der Waals surface area contributed by atoms with E-state index in [9.17, 15) is 13.2 Å². The minimum absolute atomic E-state index is 0.0986. The Morgan fingerprint density at radius 1 is 1.08 bits per heavy atom. The molecule has 1 aliphatic rings. The van der Waals surface area contributed by atoms with Gasteiger partial charge in [-0.3, -0.25) is 9.69 Å². The van der Waals surface area contributed by atoms with E-state index in [1.54, 1.807) is 4.31 Å². The summed E-state index contributed by atoms with van der Waals surface area (Å²) < 4.78 is 27.7.